The summed E-state index contributed by atoms with van der Waals surface area (Å²) in [5.41, 5.74) is 1.07. The highest BCUT2D eigenvalue weighted by atomic mass is 32.1. The van der Waals surface area contributed by atoms with E-state index in [1.54, 1.807) is 0 Å². The van der Waals surface area contributed by atoms with E-state index in [9.17, 15) is 4.79 Å². The van der Waals surface area contributed by atoms with Crippen LogP contribution in [0.4, 0.5) is 0 Å². The van der Waals surface area contributed by atoms with Crippen molar-refractivity contribution in [1.82, 2.24) is 10.2 Å². The zero-order chi connectivity index (χ0) is 16.7. The second kappa shape index (κ2) is 6.14. The SMILES string of the molecule is CN(Cc1ccccc1)C(=S)NC(=O)C12CC3CC(CC(C3)C1)C2. The van der Waals surface area contributed by atoms with E-state index >= 15 is 0 Å². The van der Waals surface area contributed by atoms with Crippen LogP contribution in [0.1, 0.15) is 44.1 Å². The van der Waals surface area contributed by atoms with E-state index in [1.807, 2.05) is 30.1 Å². The molecule has 1 amide bonds. The van der Waals surface area contributed by atoms with Crippen LogP contribution in [-0.2, 0) is 11.3 Å². The van der Waals surface area contributed by atoms with Gasteiger partial charge in [0.15, 0.2) is 5.11 Å². The number of nitrogens with zero attached hydrogens (tertiary/aromatic N) is 1. The van der Waals surface area contributed by atoms with Gasteiger partial charge in [0.1, 0.15) is 0 Å². The van der Waals surface area contributed by atoms with Gasteiger partial charge in [-0.2, -0.15) is 0 Å². The average Bonchev–Trinajstić information content (AvgIpc) is 2.54. The van der Waals surface area contributed by atoms with Gasteiger partial charge in [-0.05, 0) is 74.1 Å². The third-order valence-electron chi connectivity index (χ3n) is 6.35. The first-order valence-corrected chi connectivity index (χ1v) is 9.55. The third kappa shape index (κ3) is 2.97. The number of thiocarbonyl (C=S) groups is 1. The maximum Gasteiger partial charge on any atom is 0.232 e. The Labute approximate surface area is 149 Å². The van der Waals surface area contributed by atoms with Gasteiger partial charge < -0.3 is 10.2 Å². The molecule has 1 aromatic carbocycles. The fourth-order valence-corrected chi connectivity index (χ4v) is 5.80. The third-order valence-corrected chi connectivity index (χ3v) is 6.76. The molecule has 0 heterocycles. The smallest absolute Gasteiger partial charge is 0.232 e. The number of hydrogen-bond acceptors (Lipinski definition) is 2. The molecule has 0 spiro atoms. The molecule has 4 fully saturated rings. The summed E-state index contributed by atoms with van der Waals surface area (Å²) in [6.45, 7) is 0.723. The first-order valence-electron chi connectivity index (χ1n) is 9.14. The predicted octanol–water partition coefficient (Wildman–Crippen LogP) is 3.74. The average molecular weight is 343 g/mol. The van der Waals surface area contributed by atoms with Crippen molar-refractivity contribution in [2.24, 2.45) is 23.2 Å². The minimum atomic E-state index is -0.133. The molecule has 128 valence electrons. The minimum absolute atomic E-state index is 0.133. The Morgan fingerprint density at radius 3 is 2.21 bits per heavy atom. The molecule has 0 unspecified atom stereocenters. The molecule has 1 aromatic rings. The fourth-order valence-electron chi connectivity index (χ4n) is 5.64. The lowest BCUT2D eigenvalue weighted by Crippen LogP contribution is -2.55. The van der Waals surface area contributed by atoms with Gasteiger partial charge >= 0.3 is 0 Å². The van der Waals surface area contributed by atoms with Gasteiger partial charge in [-0.15, -0.1) is 0 Å². The van der Waals surface area contributed by atoms with Gasteiger partial charge in [0.2, 0.25) is 5.91 Å². The molecule has 24 heavy (non-hydrogen) atoms. The lowest BCUT2D eigenvalue weighted by atomic mass is 9.49. The molecule has 4 heteroatoms. The second-order valence-corrected chi connectivity index (χ2v) is 8.69. The van der Waals surface area contributed by atoms with E-state index in [1.165, 1.54) is 24.8 Å². The molecule has 4 aliphatic rings. The molecule has 3 nitrogen and oxygen atoms in total. The standard InChI is InChI=1S/C20H26N2OS/c1-22(13-14-5-3-2-4-6-14)19(24)21-18(23)20-10-15-7-16(11-20)9-17(8-15)12-20/h2-6,15-17H,7-13H2,1H3,(H,21,23,24). The van der Waals surface area contributed by atoms with Crippen molar-refractivity contribution >= 4 is 23.2 Å². The van der Waals surface area contributed by atoms with Crippen molar-refractivity contribution in [2.45, 2.75) is 45.1 Å². The topological polar surface area (TPSA) is 32.3 Å². The highest BCUT2D eigenvalue weighted by Gasteiger charge is 2.54. The van der Waals surface area contributed by atoms with Gasteiger partial charge in [-0.3, -0.25) is 4.79 Å². The maximum atomic E-state index is 13.0. The Balaban J connectivity index is 1.40. The monoisotopic (exact) mass is 342 g/mol. The largest absolute Gasteiger partial charge is 0.348 e. The summed E-state index contributed by atoms with van der Waals surface area (Å²) in [4.78, 5) is 15.0. The van der Waals surface area contributed by atoms with Crippen LogP contribution >= 0.6 is 12.2 Å². The van der Waals surface area contributed by atoms with Gasteiger partial charge in [0.05, 0.1) is 5.41 Å². The van der Waals surface area contributed by atoms with Crippen molar-refractivity contribution in [3.63, 3.8) is 0 Å². The zero-order valence-electron chi connectivity index (χ0n) is 14.3. The number of carbonyl (C=O) groups excluding carboxylic acids is 1. The van der Waals surface area contributed by atoms with Crippen LogP contribution in [0.15, 0.2) is 30.3 Å². The summed E-state index contributed by atoms with van der Waals surface area (Å²) in [6, 6.07) is 10.2. The van der Waals surface area contributed by atoms with Crippen molar-refractivity contribution in [1.29, 1.82) is 0 Å². The highest BCUT2D eigenvalue weighted by molar-refractivity contribution is 7.80. The Morgan fingerprint density at radius 2 is 1.67 bits per heavy atom. The molecule has 1 N–H and O–H groups in total. The van der Waals surface area contributed by atoms with Crippen molar-refractivity contribution in [2.75, 3.05) is 7.05 Å². The zero-order valence-corrected chi connectivity index (χ0v) is 15.1. The summed E-state index contributed by atoms with van der Waals surface area (Å²) in [7, 11) is 1.95. The normalized spacial score (nSPS) is 33.3. The van der Waals surface area contributed by atoms with Crippen molar-refractivity contribution < 1.29 is 4.79 Å². The summed E-state index contributed by atoms with van der Waals surface area (Å²) >= 11 is 5.50. The molecule has 5 rings (SSSR count). The Hall–Kier alpha value is -1.42. The predicted molar refractivity (Wildman–Crippen MR) is 99.3 cm³/mol. The van der Waals surface area contributed by atoms with E-state index in [0.29, 0.717) is 5.11 Å². The van der Waals surface area contributed by atoms with Crippen LogP contribution in [0.25, 0.3) is 0 Å². The van der Waals surface area contributed by atoms with Gasteiger partial charge in [0.25, 0.3) is 0 Å². The first kappa shape index (κ1) is 16.1. The number of carbonyl (C=O) groups is 1. The number of amides is 1. The number of benzene rings is 1. The van der Waals surface area contributed by atoms with Crippen LogP contribution < -0.4 is 5.32 Å². The maximum absolute atomic E-state index is 13.0. The van der Waals surface area contributed by atoms with E-state index in [4.69, 9.17) is 12.2 Å². The van der Waals surface area contributed by atoms with Crippen molar-refractivity contribution in [3.05, 3.63) is 35.9 Å². The van der Waals surface area contributed by atoms with Crippen LogP contribution in [-0.4, -0.2) is 23.0 Å². The molecule has 4 aliphatic carbocycles. The Morgan fingerprint density at radius 1 is 1.12 bits per heavy atom. The minimum Gasteiger partial charge on any atom is -0.348 e. The van der Waals surface area contributed by atoms with Crippen LogP contribution in [0.5, 0.6) is 0 Å². The quantitative estimate of drug-likeness (QED) is 0.850. The molecule has 0 radical (unpaired) electrons. The Kier molecular flexibility index (Phi) is 4.11. The molecule has 0 atom stereocenters. The molecule has 0 saturated heterocycles. The first-order chi connectivity index (χ1) is 11.5. The number of rotatable bonds is 3. The summed E-state index contributed by atoms with van der Waals surface area (Å²) in [6.07, 6.45) is 7.29. The molecule has 4 bridgehead atoms. The lowest BCUT2D eigenvalue weighted by Gasteiger charge is -2.55. The molecule has 4 saturated carbocycles. The second-order valence-electron chi connectivity index (χ2n) is 8.30. The molecule has 0 aliphatic heterocycles. The van der Waals surface area contributed by atoms with Crippen molar-refractivity contribution in [3.8, 4) is 0 Å². The molecular weight excluding hydrogens is 316 g/mol. The van der Waals surface area contributed by atoms with Crippen LogP contribution in [0, 0.1) is 23.2 Å². The van der Waals surface area contributed by atoms with Crippen LogP contribution in [0.2, 0.25) is 0 Å². The summed E-state index contributed by atoms with van der Waals surface area (Å²) in [5, 5.41) is 3.63. The summed E-state index contributed by atoms with van der Waals surface area (Å²) in [5.74, 6) is 2.51. The van der Waals surface area contributed by atoms with Gasteiger partial charge in [-0.25, -0.2) is 0 Å². The summed E-state index contributed by atoms with van der Waals surface area (Å²) < 4.78 is 0. The van der Waals surface area contributed by atoms with Gasteiger partial charge in [0, 0.05) is 13.6 Å². The highest BCUT2D eigenvalue weighted by Crippen LogP contribution is 2.60. The van der Waals surface area contributed by atoms with E-state index in [-0.39, 0.29) is 11.3 Å². The van der Waals surface area contributed by atoms with Crippen LogP contribution in [0.3, 0.4) is 0 Å². The van der Waals surface area contributed by atoms with E-state index in [2.05, 4.69) is 17.4 Å². The van der Waals surface area contributed by atoms with E-state index < -0.39 is 0 Å². The molecular formula is C20H26N2OS. The Bertz CT molecular complexity index is 607. The van der Waals surface area contributed by atoms with E-state index in [0.717, 1.165) is 43.6 Å². The lowest BCUT2D eigenvalue weighted by molar-refractivity contribution is -0.144. The molecule has 0 aromatic heterocycles. The van der Waals surface area contributed by atoms with Gasteiger partial charge in [-0.1, -0.05) is 30.3 Å². The number of hydrogen-bond donors (Lipinski definition) is 1. The fraction of sp³-hybridized carbons (Fsp3) is 0.600. The number of nitrogens with one attached hydrogen (secondary N) is 1.